The Bertz CT molecular complexity index is 500. The summed E-state index contributed by atoms with van der Waals surface area (Å²) in [7, 11) is -1.43. The lowest BCUT2D eigenvalue weighted by atomic mass is 10.1. The van der Waals surface area contributed by atoms with Crippen molar-refractivity contribution in [1.82, 2.24) is 18.4 Å². The van der Waals surface area contributed by atoms with Gasteiger partial charge in [-0.1, -0.05) is 0 Å². The fourth-order valence-corrected chi connectivity index (χ4v) is 4.29. The lowest BCUT2D eigenvalue weighted by Gasteiger charge is -2.40. The van der Waals surface area contributed by atoms with E-state index in [1.807, 2.05) is 7.05 Å². The third kappa shape index (κ3) is 3.77. The number of nitrogens with two attached hydrogens (primary N) is 1. The van der Waals surface area contributed by atoms with Gasteiger partial charge in [-0.3, -0.25) is 4.79 Å². The summed E-state index contributed by atoms with van der Waals surface area (Å²) in [5.41, 5.74) is 4.91. The molecule has 22 heavy (non-hydrogen) atoms. The number of hydrogen-bond acceptors (Lipinski definition) is 5. The lowest BCUT2D eigenvalue weighted by Crippen LogP contribution is -2.60. The van der Waals surface area contributed by atoms with Crippen LogP contribution in [0.15, 0.2) is 0 Å². The molecule has 1 amide bonds. The minimum atomic E-state index is -3.42. The van der Waals surface area contributed by atoms with E-state index in [9.17, 15) is 13.2 Å². The van der Waals surface area contributed by atoms with Gasteiger partial charge in [-0.2, -0.15) is 17.0 Å². The van der Waals surface area contributed by atoms with Gasteiger partial charge in [0, 0.05) is 52.4 Å². The van der Waals surface area contributed by atoms with E-state index in [0.29, 0.717) is 39.3 Å². The van der Waals surface area contributed by atoms with E-state index in [2.05, 4.69) is 4.90 Å². The summed E-state index contributed by atoms with van der Waals surface area (Å²) in [6, 6.07) is 0. The van der Waals surface area contributed by atoms with E-state index in [0.717, 1.165) is 13.1 Å². The van der Waals surface area contributed by atoms with Crippen molar-refractivity contribution in [3.8, 4) is 0 Å². The van der Waals surface area contributed by atoms with Gasteiger partial charge < -0.3 is 15.5 Å². The summed E-state index contributed by atoms with van der Waals surface area (Å²) >= 11 is 0. The van der Waals surface area contributed by atoms with Gasteiger partial charge in [0.25, 0.3) is 10.2 Å². The normalized spacial score (nSPS) is 23.7. The maximum atomic E-state index is 12.6. The smallest absolute Gasteiger partial charge is 0.282 e. The molecule has 2 heterocycles. The highest BCUT2D eigenvalue weighted by Gasteiger charge is 2.36. The van der Waals surface area contributed by atoms with E-state index in [-0.39, 0.29) is 5.91 Å². The highest BCUT2D eigenvalue weighted by atomic mass is 32.2. The largest absolute Gasteiger partial charge is 0.338 e. The number of hydrogen-bond donors (Lipinski definition) is 1. The average Bonchev–Trinajstić information content (AvgIpc) is 2.46. The lowest BCUT2D eigenvalue weighted by molar-refractivity contribution is -0.137. The Hall–Kier alpha value is -0.740. The molecule has 0 aromatic heterocycles. The number of carbonyl (C=O) groups is 1. The van der Waals surface area contributed by atoms with Crippen molar-refractivity contribution >= 4 is 16.1 Å². The number of amides is 1. The molecule has 0 aliphatic carbocycles. The van der Waals surface area contributed by atoms with Crippen LogP contribution in [-0.4, -0.2) is 97.7 Å². The third-order valence-electron chi connectivity index (χ3n) is 4.19. The summed E-state index contributed by atoms with van der Waals surface area (Å²) in [6.45, 7) is 7.33. The van der Waals surface area contributed by atoms with Crippen LogP contribution in [0, 0.1) is 0 Å². The molecule has 2 fully saturated rings. The van der Waals surface area contributed by atoms with Gasteiger partial charge in [0.1, 0.15) is 0 Å². The number of rotatable bonds is 3. The van der Waals surface area contributed by atoms with Crippen molar-refractivity contribution in [2.75, 3.05) is 59.4 Å². The van der Waals surface area contributed by atoms with Gasteiger partial charge >= 0.3 is 0 Å². The Kier molecular flexibility index (Phi) is 5.13. The number of carbonyl (C=O) groups excluding carboxylic acids is 1. The first kappa shape index (κ1) is 17.6. The van der Waals surface area contributed by atoms with Gasteiger partial charge in [-0.25, -0.2) is 0 Å². The van der Waals surface area contributed by atoms with Gasteiger partial charge in [-0.15, -0.1) is 0 Å². The number of piperazine rings is 2. The van der Waals surface area contributed by atoms with Crippen molar-refractivity contribution in [2.24, 2.45) is 5.73 Å². The van der Waals surface area contributed by atoms with E-state index in [4.69, 9.17) is 5.73 Å². The van der Waals surface area contributed by atoms with Gasteiger partial charge in [-0.05, 0) is 20.9 Å². The SMILES string of the molecule is CN1CCN(S(=O)(=O)N2CCN(C(=O)C(C)(C)N)CC2)CC1. The second-order valence-corrected chi connectivity index (χ2v) is 8.55. The predicted octanol–water partition coefficient (Wildman–Crippen LogP) is -1.64. The summed E-state index contributed by atoms with van der Waals surface area (Å²) in [5.74, 6) is -0.135. The first-order valence-electron chi connectivity index (χ1n) is 7.64. The zero-order valence-corrected chi connectivity index (χ0v) is 14.5. The Morgan fingerprint density at radius 1 is 0.909 bits per heavy atom. The fourth-order valence-electron chi connectivity index (χ4n) is 2.71. The zero-order chi connectivity index (χ0) is 16.5. The maximum Gasteiger partial charge on any atom is 0.282 e. The Balaban J connectivity index is 1.95. The molecule has 2 aliphatic heterocycles. The summed E-state index contributed by atoms with van der Waals surface area (Å²) < 4.78 is 28.3. The van der Waals surface area contributed by atoms with Crippen LogP contribution in [0.25, 0.3) is 0 Å². The molecule has 2 saturated heterocycles. The van der Waals surface area contributed by atoms with Crippen LogP contribution in [0.3, 0.4) is 0 Å². The van der Waals surface area contributed by atoms with Crippen LogP contribution < -0.4 is 5.73 Å². The third-order valence-corrected chi connectivity index (χ3v) is 6.23. The van der Waals surface area contributed by atoms with Crippen LogP contribution in [0.4, 0.5) is 0 Å². The first-order valence-corrected chi connectivity index (χ1v) is 9.04. The summed E-state index contributed by atoms with van der Waals surface area (Å²) in [4.78, 5) is 15.9. The molecule has 0 aromatic rings. The second-order valence-electron chi connectivity index (χ2n) is 6.62. The second kappa shape index (κ2) is 6.40. The Morgan fingerprint density at radius 2 is 1.32 bits per heavy atom. The molecule has 2 N–H and O–H groups in total. The molecule has 9 heteroatoms. The van der Waals surface area contributed by atoms with Crippen LogP contribution >= 0.6 is 0 Å². The Labute approximate surface area is 133 Å². The predicted molar refractivity (Wildman–Crippen MR) is 84.4 cm³/mol. The molecular formula is C13H27N5O3S. The minimum absolute atomic E-state index is 0.135. The molecule has 0 atom stereocenters. The Morgan fingerprint density at radius 3 is 1.73 bits per heavy atom. The molecule has 0 bridgehead atoms. The van der Waals surface area contributed by atoms with Crippen molar-refractivity contribution in [1.29, 1.82) is 0 Å². The van der Waals surface area contributed by atoms with E-state index in [1.165, 1.54) is 8.61 Å². The molecule has 8 nitrogen and oxygen atoms in total. The first-order chi connectivity index (χ1) is 10.1. The van der Waals surface area contributed by atoms with Crippen LogP contribution in [0.5, 0.6) is 0 Å². The summed E-state index contributed by atoms with van der Waals surface area (Å²) in [6.07, 6.45) is 0. The van der Waals surface area contributed by atoms with Crippen LogP contribution in [0.1, 0.15) is 13.8 Å². The minimum Gasteiger partial charge on any atom is -0.338 e. The molecule has 0 spiro atoms. The quantitative estimate of drug-likeness (QED) is 0.669. The molecule has 2 rings (SSSR count). The van der Waals surface area contributed by atoms with Gasteiger partial charge in [0.15, 0.2) is 0 Å². The molecule has 0 unspecified atom stereocenters. The molecule has 0 radical (unpaired) electrons. The standard InChI is InChI=1S/C13H27N5O3S/c1-13(2,14)12(19)16-6-10-18(11-7-16)22(20,21)17-8-4-15(3)5-9-17/h4-11,14H2,1-3H3. The van der Waals surface area contributed by atoms with Crippen molar-refractivity contribution < 1.29 is 13.2 Å². The molecular weight excluding hydrogens is 306 g/mol. The van der Waals surface area contributed by atoms with Crippen LogP contribution in [0.2, 0.25) is 0 Å². The zero-order valence-electron chi connectivity index (χ0n) is 13.7. The number of nitrogens with zero attached hydrogens (tertiary/aromatic N) is 4. The van der Waals surface area contributed by atoms with Crippen molar-refractivity contribution in [2.45, 2.75) is 19.4 Å². The molecule has 0 aromatic carbocycles. The maximum absolute atomic E-state index is 12.6. The van der Waals surface area contributed by atoms with Gasteiger partial charge in [0.05, 0.1) is 5.54 Å². The van der Waals surface area contributed by atoms with Gasteiger partial charge in [0.2, 0.25) is 5.91 Å². The van der Waals surface area contributed by atoms with E-state index >= 15 is 0 Å². The monoisotopic (exact) mass is 333 g/mol. The molecule has 0 saturated carbocycles. The summed E-state index contributed by atoms with van der Waals surface area (Å²) in [5, 5.41) is 0. The van der Waals surface area contributed by atoms with Crippen LogP contribution in [-0.2, 0) is 15.0 Å². The topological polar surface area (TPSA) is 90.2 Å². The molecule has 2 aliphatic rings. The highest BCUT2D eigenvalue weighted by molar-refractivity contribution is 7.86. The molecule has 128 valence electrons. The number of likely N-dealkylation sites (N-methyl/N-ethyl adjacent to an activating group) is 1. The van der Waals surface area contributed by atoms with E-state index < -0.39 is 15.7 Å². The highest BCUT2D eigenvalue weighted by Crippen LogP contribution is 2.16. The van der Waals surface area contributed by atoms with E-state index in [1.54, 1.807) is 18.7 Å². The average molecular weight is 333 g/mol. The van der Waals surface area contributed by atoms with Crippen molar-refractivity contribution in [3.63, 3.8) is 0 Å². The van der Waals surface area contributed by atoms with Crippen molar-refractivity contribution in [3.05, 3.63) is 0 Å². The fraction of sp³-hybridized carbons (Fsp3) is 0.923.